The second-order valence-corrected chi connectivity index (χ2v) is 9.53. The molecule has 0 aliphatic carbocycles. The highest BCUT2D eigenvalue weighted by Gasteiger charge is 2.33. The molecule has 2 amide bonds. The fourth-order valence-corrected chi connectivity index (χ4v) is 4.77. The van der Waals surface area contributed by atoms with Crippen molar-refractivity contribution < 1.29 is 23.5 Å². The van der Waals surface area contributed by atoms with E-state index < -0.39 is 18.0 Å². The van der Waals surface area contributed by atoms with E-state index in [2.05, 4.69) is 15.6 Å². The number of benzene rings is 4. The quantitative estimate of drug-likeness (QED) is 0.285. The average molecular weight is 538 g/mol. The largest absolute Gasteiger partial charge is 0.442 e. The molecule has 10 heteroatoms. The van der Waals surface area contributed by atoms with Crippen LogP contribution in [0.5, 0.6) is 0 Å². The van der Waals surface area contributed by atoms with E-state index in [-0.39, 0.29) is 43.3 Å². The van der Waals surface area contributed by atoms with Gasteiger partial charge in [0, 0.05) is 18.4 Å². The number of Topliss-reactive ketones (excluding diaryl/α,β-unsaturated/α-hetero) is 1. The number of para-hydroxylation sites is 1. The number of ketones is 1. The van der Waals surface area contributed by atoms with E-state index >= 15 is 4.39 Å². The predicted molar refractivity (Wildman–Crippen MR) is 147 cm³/mol. The Kier molecular flexibility index (Phi) is 6.65. The lowest BCUT2D eigenvalue weighted by molar-refractivity contribution is -0.121. The number of fused-ring (bicyclic) bond motifs is 2. The molecule has 5 aromatic rings. The number of hydrogen-bond acceptors (Lipinski definition) is 6. The standard InChI is InChI=1S/C30H24FN5O4/c31-24-16-22(11-12-26(24)36-27-8-4-3-7-25(27)33-34-36)35-18-23(40-30(35)39)17-32-29(38)14-13-28(37)21-10-9-19-5-1-2-6-20(19)15-21/h1-12,15-16,23H,13-14,17-18H2,(H,32,38)/t23-/m0/s1. The molecule has 0 radical (unpaired) electrons. The van der Waals surface area contributed by atoms with Crippen molar-refractivity contribution in [1.29, 1.82) is 0 Å². The number of rotatable bonds is 8. The van der Waals surface area contributed by atoms with Gasteiger partial charge in [0.2, 0.25) is 5.91 Å². The molecule has 1 saturated heterocycles. The molecule has 1 aromatic heterocycles. The molecule has 1 atom stereocenters. The first-order valence-corrected chi connectivity index (χ1v) is 12.8. The molecule has 6 rings (SSSR count). The number of nitrogens with zero attached hydrogens (tertiary/aromatic N) is 4. The van der Waals surface area contributed by atoms with Gasteiger partial charge in [-0.2, -0.15) is 0 Å². The molecule has 4 aromatic carbocycles. The fraction of sp³-hybridized carbons (Fsp3) is 0.167. The zero-order valence-electron chi connectivity index (χ0n) is 21.3. The van der Waals surface area contributed by atoms with Crippen LogP contribution in [0.3, 0.4) is 0 Å². The maximum Gasteiger partial charge on any atom is 0.414 e. The van der Waals surface area contributed by atoms with Crippen molar-refractivity contribution in [2.45, 2.75) is 18.9 Å². The van der Waals surface area contributed by atoms with Gasteiger partial charge in [-0.05, 0) is 47.2 Å². The zero-order chi connectivity index (χ0) is 27.6. The maximum absolute atomic E-state index is 15.1. The first kappa shape index (κ1) is 25.2. The predicted octanol–water partition coefficient (Wildman–Crippen LogP) is 4.82. The van der Waals surface area contributed by atoms with Crippen molar-refractivity contribution in [2.24, 2.45) is 0 Å². The van der Waals surface area contributed by atoms with Gasteiger partial charge in [-0.15, -0.1) is 5.10 Å². The van der Waals surface area contributed by atoms with Crippen LogP contribution < -0.4 is 10.2 Å². The molecular weight excluding hydrogens is 513 g/mol. The summed E-state index contributed by atoms with van der Waals surface area (Å²) in [5.74, 6) is -1.02. The molecule has 1 fully saturated rings. The van der Waals surface area contributed by atoms with Gasteiger partial charge < -0.3 is 10.1 Å². The van der Waals surface area contributed by atoms with Gasteiger partial charge in [-0.3, -0.25) is 14.5 Å². The Morgan fingerprint density at radius 2 is 1.75 bits per heavy atom. The topological polar surface area (TPSA) is 106 Å². The Balaban J connectivity index is 1.03. The summed E-state index contributed by atoms with van der Waals surface area (Å²) in [6.45, 7) is 0.219. The number of cyclic esters (lactones) is 1. The molecule has 0 unspecified atom stereocenters. The van der Waals surface area contributed by atoms with Gasteiger partial charge in [0.15, 0.2) is 11.6 Å². The van der Waals surface area contributed by atoms with Crippen molar-refractivity contribution in [3.8, 4) is 5.69 Å². The number of aromatic nitrogens is 3. The molecule has 40 heavy (non-hydrogen) atoms. The zero-order valence-corrected chi connectivity index (χ0v) is 21.3. The third kappa shape index (κ3) is 4.98. The Bertz CT molecular complexity index is 1770. The molecule has 2 heterocycles. The summed E-state index contributed by atoms with van der Waals surface area (Å²) in [7, 11) is 0. The molecule has 0 spiro atoms. The van der Waals surface area contributed by atoms with Crippen LogP contribution in [0.2, 0.25) is 0 Å². The summed E-state index contributed by atoms with van der Waals surface area (Å²) in [6, 6.07) is 24.8. The first-order valence-electron chi connectivity index (χ1n) is 12.8. The maximum atomic E-state index is 15.1. The third-order valence-corrected chi connectivity index (χ3v) is 6.87. The minimum atomic E-state index is -0.635. The van der Waals surface area contributed by atoms with Gasteiger partial charge in [-0.1, -0.05) is 53.7 Å². The number of carbonyl (C=O) groups is 3. The monoisotopic (exact) mass is 537 g/mol. The van der Waals surface area contributed by atoms with Crippen molar-refractivity contribution in [3.05, 3.63) is 96.3 Å². The molecule has 1 aliphatic rings. The lowest BCUT2D eigenvalue weighted by atomic mass is 10.0. The molecule has 9 nitrogen and oxygen atoms in total. The summed E-state index contributed by atoms with van der Waals surface area (Å²) in [5.41, 5.74) is 2.38. The highest BCUT2D eigenvalue weighted by atomic mass is 19.1. The number of hydrogen-bond donors (Lipinski definition) is 1. The highest BCUT2D eigenvalue weighted by Crippen LogP contribution is 2.26. The second-order valence-electron chi connectivity index (χ2n) is 9.53. The van der Waals surface area contributed by atoms with Crippen molar-refractivity contribution in [2.75, 3.05) is 18.0 Å². The Morgan fingerprint density at radius 1 is 0.950 bits per heavy atom. The summed E-state index contributed by atoms with van der Waals surface area (Å²) < 4.78 is 21.8. The van der Waals surface area contributed by atoms with Crippen molar-refractivity contribution in [3.63, 3.8) is 0 Å². The highest BCUT2D eigenvalue weighted by molar-refractivity contribution is 6.01. The lowest BCUT2D eigenvalue weighted by Gasteiger charge is -2.14. The van der Waals surface area contributed by atoms with Crippen LogP contribution in [0.4, 0.5) is 14.9 Å². The molecule has 1 N–H and O–H groups in total. The number of ether oxygens (including phenoxy) is 1. The fourth-order valence-electron chi connectivity index (χ4n) is 4.77. The van der Waals surface area contributed by atoms with Crippen LogP contribution >= 0.6 is 0 Å². The van der Waals surface area contributed by atoms with E-state index in [1.807, 2.05) is 48.5 Å². The Morgan fingerprint density at radius 3 is 2.60 bits per heavy atom. The molecule has 0 saturated carbocycles. The Labute approximate surface area is 228 Å². The van der Waals surface area contributed by atoms with Gasteiger partial charge >= 0.3 is 6.09 Å². The molecule has 0 bridgehead atoms. The Hall–Kier alpha value is -5.12. The van der Waals surface area contributed by atoms with E-state index in [0.29, 0.717) is 22.3 Å². The molecule has 200 valence electrons. The molecular formula is C30H24FN5O4. The summed E-state index contributed by atoms with van der Waals surface area (Å²) >= 11 is 0. The normalized spacial score (nSPS) is 15.0. The van der Waals surface area contributed by atoms with Gasteiger partial charge in [0.25, 0.3) is 0 Å². The smallest absolute Gasteiger partial charge is 0.414 e. The second kappa shape index (κ2) is 10.6. The lowest BCUT2D eigenvalue weighted by Crippen LogP contribution is -2.34. The van der Waals surface area contributed by atoms with Crippen LogP contribution in [0.25, 0.3) is 27.5 Å². The first-order chi connectivity index (χ1) is 19.5. The summed E-state index contributed by atoms with van der Waals surface area (Å²) in [6.07, 6.45) is -1.17. The van der Waals surface area contributed by atoms with E-state index in [9.17, 15) is 14.4 Å². The number of anilines is 1. The van der Waals surface area contributed by atoms with Gasteiger partial charge in [0.1, 0.15) is 17.3 Å². The van der Waals surface area contributed by atoms with Gasteiger partial charge in [0.05, 0.1) is 24.3 Å². The van der Waals surface area contributed by atoms with E-state index in [1.54, 1.807) is 24.3 Å². The van der Waals surface area contributed by atoms with Crippen LogP contribution in [0, 0.1) is 5.82 Å². The van der Waals surface area contributed by atoms with Crippen molar-refractivity contribution in [1.82, 2.24) is 20.3 Å². The number of nitrogens with one attached hydrogen (secondary N) is 1. The van der Waals surface area contributed by atoms with Crippen LogP contribution in [0.1, 0.15) is 23.2 Å². The SMILES string of the molecule is O=C(CCC(=O)c1ccc2ccccc2c1)NC[C@H]1CN(c2ccc(-n3nnc4ccccc43)c(F)c2)C(=O)O1. The summed E-state index contributed by atoms with van der Waals surface area (Å²) in [4.78, 5) is 38.8. The number of carbonyl (C=O) groups excluding carboxylic acids is 3. The van der Waals surface area contributed by atoms with Gasteiger partial charge in [-0.25, -0.2) is 13.9 Å². The molecule has 1 aliphatic heterocycles. The average Bonchev–Trinajstić information content (AvgIpc) is 3.57. The van der Waals surface area contributed by atoms with E-state index in [1.165, 1.54) is 21.7 Å². The van der Waals surface area contributed by atoms with E-state index in [4.69, 9.17) is 4.74 Å². The van der Waals surface area contributed by atoms with Crippen molar-refractivity contribution >= 4 is 45.3 Å². The van der Waals surface area contributed by atoms with E-state index in [0.717, 1.165) is 10.8 Å². The summed E-state index contributed by atoms with van der Waals surface area (Å²) in [5, 5.41) is 12.8. The number of amides is 2. The van der Waals surface area contributed by atoms with Crippen LogP contribution in [0.15, 0.2) is 84.9 Å². The number of halogens is 1. The minimum absolute atomic E-state index is 0.0136. The minimum Gasteiger partial charge on any atom is -0.442 e. The third-order valence-electron chi connectivity index (χ3n) is 6.87. The van der Waals surface area contributed by atoms with Crippen LogP contribution in [-0.4, -0.2) is 52.0 Å². The van der Waals surface area contributed by atoms with Crippen LogP contribution in [-0.2, 0) is 9.53 Å².